The van der Waals surface area contributed by atoms with E-state index in [2.05, 4.69) is 16.0 Å². The zero-order valence-corrected chi connectivity index (χ0v) is 19.0. The molecule has 0 spiro atoms. The summed E-state index contributed by atoms with van der Waals surface area (Å²) in [6.45, 7) is 3.99. The highest BCUT2D eigenvalue weighted by atomic mass is 32.1. The molecule has 0 saturated carbocycles. The number of anilines is 1. The van der Waals surface area contributed by atoms with Crippen molar-refractivity contribution in [2.24, 2.45) is 0 Å². The maximum absolute atomic E-state index is 13.1. The maximum atomic E-state index is 13.1. The monoisotopic (exact) mass is 445 g/mol. The molecule has 1 atom stereocenters. The van der Waals surface area contributed by atoms with Gasteiger partial charge in [-0.2, -0.15) is 0 Å². The number of carbonyl (C=O) groups is 2. The first-order chi connectivity index (χ1) is 15.5. The van der Waals surface area contributed by atoms with Crippen LogP contribution in [0.15, 0.2) is 84.9 Å². The molecule has 2 amide bonds. The first kappa shape index (κ1) is 23.2. The second kappa shape index (κ2) is 11.2. The number of hydrogen-bond donors (Lipinski definition) is 3. The Labute approximate surface area is 194 Å². The summed E-state index contributed by atoms with van der Waals surface area (Å²) in [6.07, 6.45) is 0.867. The molecule has 3 aromatic carbocycles. The van der Waals surface area contributed by atoms with Gasteiger partial charge in [0, 0.05) is 17.3 Å². The fourth-order valence-electron chi connectivity index (χ4n) is 3.25. The van der Waals surface area contributed by atoms with Crippen LogP contribution in [0.1, 0.15) is 47.7 Å². The molecular weight excluding hydrogens is 418 g/mol. The Bertz CT molecular complexity index is 1010. The van der Waals surface area contributed by atoms with Crippen molar-refractivity contribution in [1.82, 2.24) is 10.6 Å². The van der Waals surface area contributed by atoms with Crippen molar-refractivity contribution in [2.75, 3.05) is 5.32 Å². The van der Waals surface area contributed by atoms with E-state index in [9.17, 15) is 9.59 Å². The van der Waals surface area contributed by atoms with Gasteiger partial charge in [-0.1, -0.05) is 67.6 Å². The van der Waals surface area contributed by atoms with Gasteiger partial charge in [0.2, 0.25) is 5.91 Å². The number of amides is 2. The topological polar surface area (TPSA) is 70.2 Å². The molecule has 0 radical (unpaired) electrons. The lowest BCUT2D eigenvalue weighted by Crippen LogP contribution is -2.37. The van der Waals surface area contributed by atoms with Crippen molar-refractivity contribution in [3.63, 3.8) is 0 Å². The van der Waals surface area contributed by atoms with E-state index in [-0.39, 0.29) is 23.0 Å². The van der Waals surface area contributed by atoms with Gasteiger partial charge >= 0.3 is 0 Å². The summed E-state index contributed by atoms with van der Waals surface area (Å²) in [6, 6.07) is 26.3. The largest absolute Gasteiger partial charge is 0.350 e. The highest BCUT2D eigenvalue weighted by Gasteiger charge is 2.23. The van der Waals surface area contributed by atoms with Crippen LogP contribution < -0.4 is 16.0 Å². The Morgan fingerprint density at radius 3 is 1.88 bits per heavy atom. The summed E-state index contributed by atoms with van der Waals surface area (Å²) < 4.78 is 0. The van der Waals surface area contributed by atoms with Gasteiger partial charge in [0.05, 0.1) is 5.92 Å². The molecule has 3 aromatic rings. The highest BCUT2D eigenvalue weighted by Crippen LogP contribution is 2.24. The standard InChI is InChI=1S/C26H27N3O2S/c1-3-18(2)27-24(30)21-14-16-22(17-15-21)28-26(32)29-25(31)23(19-10-6-4-7-11-19)20-12-8-5-9-13-20/h4-18,23H,3H2,1-2H3,(H,27,30)(H2,28,29,31,32). The summed E-state index contributed by atoms with van der Waals surface area (Å²) in [5.41, 5.74) is 3.02. The Kier molecular flexibility index (Phi) is 8.11. The van der Waals surface area contributed by atoms with E-state index in [0.29, 0.717) is 11.3 Å². The lowest BCUT2D eigenvalue weighted by molar-refractivity contribution is -0.120. The molecule has 32 heavy (non-hydrogen) atoms. The SMILES string of the molecule is CCC(C)NC(=O)c1ccc(NC(=S)NC(=O)C(c2ccccc2)c2ccccc2)cc1. The molecule has 0 fully saturated rings. The van der Waals surface area contributed by atoms with Gasteiger partial charge in [0.1, 0.15) is 0 Å². The Balaban J connectivity index is 1.66. The number of hydrogen-bond acceptors (Lipinski definition) is 3. The van der Waals surface area contributed by atoms with E-state index in [1.807, 2.05) is 74.5 Å². The highest BCUT2D eigenvalue weighted by molar-refractivity contribution is 7.80. The van der Waals surface area contributed by atoms with Crippen molar-refractivity contribution in [3.05, 3.63) is 102 Å². The Morgan fingerprint density at radius 2 is 1.38 bits per heavy atom. The fourth-order valence-corrected chi connectivity index (χ4v) is 3.47. The van der Waals surface area contributed by atoms with Gasteiger partial charge in [0.25, 0.3) is 5.91 Å². The Hall–Kier alpha value is -3.51. The van der Waals surface area contributed by atoms with Crippen LogP contribution in [0.5, 0.6) is 0 Å². The number of benzene rings is 3. The number of nitrogens with one attached hydrogen (secondary N) is 3. The van der Waals surface area contributed by atoms with Gasteiger partial charge in [-0.15, -0.1) is 0 Å². The van der Waals surface area contributed by atoms with Gasteiger partial charge in [-0.05, 0) is 61.0 Å². The molecular formula is C26H27N3O2S. The normalized spacial score (nSPS) is 11.5. The molecule has 0 aliphatic carbocycles. The van der Waals surface area contributed by atoms with Crippen LogP contribution in [0.3, 0.4) is 0 Å². The third kappa shape index (κ3) is 6.25. The van der Waals surface area contributed by atoms with Crippen LogP contribution in [-0.4, -0.2) is 23.0 Å². The molecule has 0 heterocycles. The van der Waals surface area contributed by atoms with Gasteiger partial charge in [0.15, 0.2) is 5.11 Å². The smallest absolute Gasteiger partial charge is 0.251 e. The second-order valence-electron chi connectivity index (χ2n) is 7.56. The van der Waals surface area contributed by atoms with Crippen LogP contribution >= 0.6 is 12.2 Å². The summed E-state index contributed by atoms with van der Waals surface area (Å²) in [4.78, 5) is 25.4. The molecule has 3 N–H and O–H groups in total. The van der Waals surface area contributed by atoms with E-state index >= 15 is 0 Å². The molecule has 1 unspecified atom stereocenters. The first-order valence-corrected chi connectivity index (χ1v) is 11.0. The third-order valence-electron chi connectivity index (χ3n) is 5.16. The summed E-state index contributed by atoms with van der Waals surface area (Å²) >= 11 is 5.37. The minimum Gasteiger partial charge on any atom is -0.350 e. The van der Waals surface area contributed by atoms with Crippen LogP contribution in [0.4, 0.5) is 5.69 Å². The zero-order chi connectivity index (χ0) is 22.9. The van der Waals surface area contributed by atoms with E-state index in [4.69, 9.17) is 12.2 Å². The van der Waals surface area contributed by atoms with E-state index in [0.717, 1.165) is 17.5 Å². The quantitative estimate of drug-likeness (QED) is 0.454. The molecule has 5 nitrogen and oxygen atoms in total. The Morgan fingerprint density at radius 1 is 0.844 bits per heavy atom. The first-order valence-electron chi connectivity index (χ1n) is 10.6. The maximum Gasteiger partial charge on any atom is 0.251 e. The van der Waals surface area contributed by atoms with Crippen molar-refractivity contribution < 1.29 is 9.59 Å². The molecule has 0 aliphatic rings. The zero-order valence-electron chi connectivity index (χ0n) is 18.2. The van der Waals surface area contributed by atoms with Gasteiger partial charge < -0.3 is 16.0 Å². The number of thiocarbonyl (C=S) groups is 1. The van der Waals surface area contributed by atoms with Gasteiger partial charge in [-0.25, -0.2) is 0 Å². The van der Waals surface area contributed by atoms with Crippen LogP contribution in [0, 0.1) is 0 Å². The van der Waals surface area contributed by atoms with E-state index in [1.165, 1.54) is 0 Å². The van der Waals surface area contributed by atoms with Crippen molar-refractivity contribution in [2.45, 2.75) is 32.2 Å². The average Bonchev–Trinajstić information content (AvgIpc) is 2.81. The molecule has 0 aromatic heterocycles. The lowest BCUT2D eigenvalue weighted by Gasteiger charge is -2.19. The van der Waals surface area contributed by atoms with Crippen molar-refractivity contribution >= 4 is 34.8 Å². The molecule has 0 bridgehead atoms. The minimum absolute atomic E-state index is 0.115. The predicted octanol–water partition coefficient (Wildman–Crippen LogP) is 4.86. The second-order valence-corrected chi connectivity index (χ2v) is 7.97. The summed E-state index contributed by atoms with van der Waals surface area (Å²) in [5, 5.41) is 8.95. The predicted molar refractivity (Wildman–Crippen MR) is 133 cm³/mol. The lowest BCUT2D eigenvalue weighted by atomic mass is 9.90. The van der Waals surface area contributed by atoms with Crippen molar-refractivity contribution in [1.29, 1.82) is 0 Å². The fraction of sp³-hybridized carbons (Fsp3) is 0.192. The molecule has 3 rings (SSSR count). The molecule has 0 aliphatic heterocycles. The third-order valence-corrected chi connectivity index (χ3v) is 5.36. The average molecular weight is 446 g/mol. The summed E-state index contributed by atoms with van der Waals surface area (Å²) in [7, 11) is 0. The molecule has 6 heteroatoms. The van der Waals surface area contributed by atoms with Crippen LogP contribution in [0.2, 0.25) is 0 Å². The van der Waals surface area contributed by atoms with Gasteiger partial charge in [-0.3, -0.25) is 9.59 Å². The van der Waals surface area contributed by atoms with E-state index in [1.54, 1.807) is 24.3 Å². The van der Waals surface area contributed by atoms with E-state index < -0.39 is 5.92 Å². The minimum atomic E-state index is -0.483. The van der Waals surface area contributed by atoms with Crippen LogP contribution in [0.25, 0.3) is 0 Å². The number of rotatable bonds is 7. The van der Waals surface area contributed by atoms with Crippen molar-refractivity contribution in [3.8, 4) is 0 Å². The molecule has 0 saturated heterocycles. The number of carbonyl (C=O) groups excluding carboxylic acids is 2. The van der Waals surface area contributed by atoms with Crippen LogP contribution in [-0.2, 0) is 4.79 Å². The summed E-state index contributed by atoms with van der Waals surface area (Å²) in [5.74, 6) is -0.816. The molecule has 164 valence electrons.